The number of halogens is 5. The number of rotatable bonds is 1. The van der Waals surface area contributed by atoms with Crippen molar-refractivity contribution in [2.75, 3.05) is 0 Å². The van der Waals surface area contributed by atoms with Gasteiger partial charge in [0, 0.05) is 23.4 Å². The molecule has 0 radical (unpaired) electrons. The van der Waals surface area contributed by atoms with Crippen molar-refractivity contribution in [3.8, 4) is 11.4 Å². The quantitative estimate of drug-likeness (QED) is 0.599. The molecule has 0 unspecified atom stereocenters. The number of hydrogen-bond donors (Lipinski definition) is 1. The fraction of sp³-hybridized carbons (Fsp3) is 0.105. The number of hydrogen-bond acceptors (Lipinski definition) is 4. The molecule has 2 aromatic carbocycles. The Hall–Kier alpha value is -3.20. The number of alkyl halides is 3. The number of fused-ring (bicyclic) bond motifs is 3. The van der Waals surface area contributed by atoms with Crippen LogP contribution in [0.4, 0.5) is 17.6 Å². The number of nitrogens with zero attached hydrogens (tertiary/aromatic N) is 3. The van der Waals surface area contributed by atoms with Gasteiger partial charge in [-0.25, -0.2) is 4.39 Å². The predicted octanol–water partition coefficient (Wildman–Crippen LogP) is 4.10. The van der Waals surface area contributed by atoms with Crippen LogP contribution in [0.25, 0.3) is 5.69 Å². The van der Waals surface area contributed by atoms with Gasteiger partial charge in [0.25, 0.3) is 5.56 Å². The summed E-state index contributed by atoms with van der Waals surface area (Å²) in [6, 6.07) is 6.19. The van der Waals surface area contributed by atoms with E-state index in [0.717, 1.165) is 36.4 Å². The van der Waals surface area contributed by atoms with Gasteiger partial charge >= 0.3 is 6.18 Å². The van der Waals surface area contributed by atoms with Gasteiger partial charge in [-0.2, -0.15) is 18.2 Å². The summed E-state index contributed by atoms with van der Waals surface area (Å²) in [7, 11) is 0. The maximum absolute atomic E-state index is 14.5. The summed E-state index contributed by atoms with van der Waals surface area (Å²) in [5.41, 5.74) is -2.15. The molecule has 2 heterocycles. The van der Waals surface area contributed by atoms with Crippen LogP contribution in [0.15, 0.2) is 52.4 Å². The monoisotopic (exact) mass is 423 g/mol. The maximum Gasteiger partial charge on any atom is 0.417 e. The Bertz CT molecular complexity index is 1240. The molecular weight excluding hydrogens is 414 g/mol. The fourth-order valence-corrected chi connectivity index (χ4v) is 3.48. The molecule has 5 nitrogen and oxygen atoms in total. The molecule has 29 heavy (non-hydrogen) atoms. The Kier molecular flexibility index (Phi) is 4.42. The molecule has 4 rings (SSSR count). The highest BCUT2D eigenvalue weighted by Gasteiger charge is 2.36. The summed E-state index contributed by atoms with van der Waals surface area (Å²) in [4.78, 5) is 19.7. The zero-order valence-electron chi connectivity index (χ0n) is 14.3. The topological polar surface area (TPSA) is 67.5 Å². The highest BCUT2D eigenvalue weighted by atomic mass is 35.5. The van der Waals surface area contributed by atoms with Gasteiger partial charge in [-0.15, -0.1) is 0 Å². The molecule has 1 aromatic heterocycles. The third kappa shape index (κ3) is 3.27. The summed E-state index contributed by atoms with van der Waals surface area (Å²) in [6.07, 6.45) is -3.42. The molecule has 0 saturated carbocycles. The Morgan fingerprint density at radius 2 is 1.90 bits per heavy atom. The van der Waals surface area contributed by atoms with Crippen molar-refractivity contribution < 1.29 is 22.7 Å². The summed E-state index contributed by atoms with van der Waals surface area (Å²) >= 11 is 6.14. The molecule has 1 N–H and O–H groups in total. The van der Waals surface area contributed by atoms with E-state index in [1.54, 1.807) is 0 Å². The number of aromatic hydroxyl groups is 1. The summed E-state index contributed by atoms with van der Waals surface area (Å²) in [5.74, 6) is -0.970. The largest absolute Gasteiger partial charge is 0.508 e. The van der Waals surface area contributed by atoms with E-state index < -0.39 is 28.1 Å². The van der Waals surface area contributed by atoms with Gasteiger partial charge in [-0.3, -0.25) is 9.79 Å². The average molecular weight is 424 g/mol. The Morgan fingerprint density at radius 1 is 1.14 bits per heavy atom. The van der Waals surface area contributed by atoms with Crippen LogP contribution in [0.2, 0.25) is 5.02 Å². The van der Waals surface area contributed by atoms with E-state index in [2.05, 4.69) is 9.98 Å². The molecule has 0 spiro atoms. The molecule has 0 bridgehead atoms. The lowest BCUT2D eigenvalue weighted by Gasteiger charge is -2.18. The smallest absolute Gasteiger partial charge is 0.417 e. The molecule has 10 heteroatoms. The first kappa shape index (κ1) is 19.1. The number of aliphatic imine (C=N–C) groups is 1. The normalized spacial score (nSPS) is 13.3. The maximum atomic E-state index is 14.5. The molecule has 1 aliphatic heterocycles. The van der Waals surface area contributed by atoms with E-state index >= 15 is 0 Å². The lowest BCUT2D eigenvalue weighted by molar-refractivity contribution is -0.137. The van der Waals surface area contributed by atoms with E-state index in [4.69, 9.17) is 11.6 Å². The summed E-state index contributed by atoms with van der Waals surface area (Å²) < 4.78 is 56.2. The minimum Gasteiger partial charge on any atom is -0.508 e. The van der Waals surface area contributed by atoms with Crippen molar-refractivity contribution in [1.29, 1.82) is 0 Å². The van der Waals surface area contributed by atoms with Gasteiger partial charge in [-0.05, 0) is 30.3 Å². The molecular formula is C19H10ClF4N3O2. The first-order chi connectivity index (χ1) is 13.7. The molecule has 148 valence electrons. The summed E-state index contributed by atoms with van der Waals surface area (Å²) in [6.45, 7) is -0.215. The van der Waals surface area contributed by atoms with Crippen molar-refractivity contribution in [3.05, 3.63) is 86.3 Å². The molecule has 0 fully saturated rings. The van der Waals surface area contributed by atoms with Crippen LogP contribution in [0.1, 0.15) is 22.5 Å². The van der Waals surface area contributed by atoms with Gasteiger partial charge in [0.05, 0.1) is 28.5 Å². The molecule has 0 amide bonds. The van der Waals surface area contributed by atoms with E-state index in [1.807, 2.05) is 0 Å². The first-order valence-electron chi connectivity index (χ1n) is 8.19. The van der Waals surface area contributed by atoms with Crippen LogP contribution in [-0.4, -0.2) is 20.4 Å². The SMILES string of the molecule is O=c1ccn2c(n1)CN=C(c1cc(O)ccc1F)c1c-2ccc(C(F)(F)F)c1Cl. The van der Waals surface area contributed by atoms with Crippen molar-refractivity contribution in [2.45, 2.75) is 12.7 Å². The van der Waals surface area contributed by atoms with E-state index in [0.29, 0.717) is 0 Å². The number of aromatic nitrogens is 2. The number of phenolic OH excluding ortho intramolecular Hbond substituents is 1. The third-order valence-corrected chi connectivity index (χ3v) is 4.78. The van der Waals surface area contributed by atoms with Gasteiger partial charge in [0.2, 0.25) is 0 Å². The van der Waals surface area contributed by atoms with Crippen LogP contribution in [-0.2, 0) is 12.7 Å². The van der Waals surface area contributed by atoms with Crippen LogP contribution in [0.5, 0.6) is 5.75 Å². The highest BCUT2D eigenvalue weighted by molar-refractivity contribution is 6.37. The average Bonchev–Trinajstić information content (AvgIpc) is 2.80. The molecule has 3 aromatic rings. The predicted molar refractivity (Wildman–Crippen MR) is 97.3 cm³/mol. The Morgan fingerprint density at radius 3 is 2.62 bits per heavy atom. The van der Waals surface area contributed by atoms with Crippen molar-refractivity contribution in [3.63, 3.8) is 0 Å². The standard InChI is InChI=1S/C19H10ClF4N3O2/c20-17-11(19(22,23)24)2-4-13-16(17)18(10-7-9(28)1-3-12(10)21)25-8-14-26-15(29)5-6-27(13)14/h1-7,28H,8H2. The van der Waals surface area contributed by atoms with Crippen LogP contribution in [0.3, 0.4) is 0 Å². The van der Waals surface area contributed by atoms with Gasteiger partial charge < -0.3 is 9.67 Å². The zero-order valence-corrected chi connectivity index (χ0v) is 15.1. The second kappa shape index (κ2) is 6.70. The van der Waals surface area contributed by atoms with Crippen LogP contribution < -0.4 is 5.56 Å². The van der Waals surface area contributed by atoms with Gasteiger partial charge in [0.15, 0.2) is 0 Å². The minimum absolute atomic E-state index is 0.143. The summed E-state index contributed by atoms with van der Waals surface area (Å²) in [5, 5.41) is 9.08. The third-order valence-electron chi connectivity index (χ3n) is 4.39. The first-order valence-corrected chi connectivity index (χ1v) is 8.57. The van der Waals surface area contributed by atoms with E-state index in [1.165, 1.54) is 10.8 Å². The van der Waals surface area contributed by atoms with Crippen molar-refractivity contribution >= 4 is 17.3 Å². The number of benzene rings is 2. The Labute approximate surface area is 165 Å². The highest BCUT2D eigenvalue weighted by Crippen LogP contribution is 2.40. The van der Waals surface area contributed by atoms with E-state index in [-0.39, 0.29) is 40.6 Å². The lowest BCUT2D eigenvalue weighted by atomic mass is 9.97. The second-order valence-corrected chi connectivity index (χ2v) is 6.58. The second-order valence-electron chi connectivity index (χ2n) is 6.20. The Balaban J connectivity index is 2.10. The minimum atomic E-state index is -4.76. The molecule has 0 aliphatic carbocycles. The van der Waals surface area contributed by atoms with E-state index in [9.17, 15) is 27.5 Å². The van der Waals surface area contributed by atoms with Gasteiger partial charge in [0.1, 0.15) is 17.4 Å². The molecule has 0 saturated heterocycles. The van der Waals surface area contributed by atoms with Gasteiger partial charge in [-0.1, -0.05) is 11.6 Å². The van der Waals surface area contributed by atoms with Crippen molar-refractivity contribution in [1.82, 2.24) is 9.55 Å². The molecule has 0 atom stereocenters. The number of phenols is 1. The van der Waals surface area contributed by atoms with Crippen LogP contribution >= 0.6 is 11.6 Å². The van der Waals surface area contributed by atoms with Crippen molar-refractivity contribution in [2.24, 2.45) is 4.99 Å². The zero-order chi connectivity index (χ0) is 20.9. The van der Waals surface area contributed by atoms with Crippen LogP contribution in [0, 0.1) is 5.82 Å². The fourth-order valence-electron chi connectivity index (χ4n) is 3.13. The lowest BCUT2D eigenvalue weighted by Crippen LogP contribution is -2.17. The molecule has 1 aliphatic rings.